The minimum absolute atomic E-state index is 0.144. The van der Waals surface area contributed by atoms with Crippen LogP contribution in [0.5, 0.6) is 0 Å². The van der Waals surface area contributed by atoms with E-state index in [9.17, 15) is 10.1 Å². The number of nitro groups is 1. The Hall–Kier alpha value is -2.68. The van der Waals surface area contributed by atoms with Gasteiger partial charge in [0.15, 0.2) is 0 Å². The first-order valence-corrected chi connectivity index (χ1v) is 6.06. The Morgan fingerprint density at radius 1 is 0.737 bits per heavy atom. The van der Waals surface area contributed by atoms with E-state index in [4.69, 9.17) is 0 Å². The number of nitrogens with zero attached hydrogens (tertiary/aromatic N) is 1. The predicted octanol–water partition coefficient (Wildman–Crippen LogP) is 4.49. The van der Waals surface area contributed by atoms with Gasteiger partial charge in [0.1, 0.15) is 0 Å². The largest absolute Gasteiger partial charge is 0.270 e. The summed E-state index contributed by atoms with van der Waals surface area (Å²) in [5.74, 6) is 0. The van der Waals surface area contributed by atoms with Crippen molar-refractivity contribution >= 4 is 38.0 Å². The summed E-state index contributed by atoms with van der Waals surface area (Å²) in [5, 5.41) is 17.5. The molecule has 19 heavy (non-hydrogen) atoms. The molecule has 0 aromatic heterocycles. The lowest BCUT2D eigenvalue weighted by atomic mass is 9.94. The van der Waals surface area contributed by atoms with E-state index in [2.05, 4.69) is 12.1 Å². The first-order valence-electron chi connectivity index (χ1n) is 6.06. The Morgan fingerprint density at radius 2 is 1.21 bits per heavy atom. The fourth-order valence-corrected chi connectivity index (χ4v) is 2.84. The average Bonchev–Trinajstić information content (AvgIpc) is 2.44. The molecule has 0 aliphatic heterocycles. The molecule has 0 saturated carbocycles. The van der Waals surface area contributed by atoms with Crippen LogP contribution in [0.1, 0.15) is 0 Å². The van der Waals surface area contributed by atoms with Crippen molar-refractivity contribution in [1.29, 1.82) is 0 Å². The van der Waals surface area contributed by atoms with Gasteiger partial charge >= 0.3 is 0 Å². The maximum atomic E-state index is 11.0. The zero-order valence-electron chi connectivity index (χ0n) is 9.96. The van der Waals surface area contributed by atoms with Gasteiger partial charge in [-0.15, -0.1) is 0 Å². The second-order valence-electron chi connectivity index (χ2n) is 4.73. The fraction of sp³-hybridized carbons (Fsp3) is 0. The summed E-state index contributed by atoms with van der Waals surface area (Å²) in [5.41, 5.74) is 0.144. The van der Waals surface area contributed by atoms with Crippen molar-refractivity contribution in [2.75, 3.05) is 0 Å². The first kappa shape index (κ1) is 10.3. The van der Waals surface area contributed by atoms with Crippen molar-refractivity contribution < 1.29 is 4.92 Å². The molecule has 0 fully saturated rings. The van der Waals surface area contributed by atoms with Crippen molar-refractivity contribution in [1.82, 2.24) is 0 Å². The molecular weight excluding hydrogens is 238 g/mol. The van der Waals surface area contributed by atoms with E-state index in [1.54, 1.807) is 12.1 Å². The van der Waals surface area contributed by atoms with Gasteiger partial charge in [0.25, 0.3) is 5.69 Å². The minimum Gasteiger partial charge on any atom is -0.258 e. The van der Waals surface area contributed by atoms with E-state index < -0.39 is 0 Å². The van der Waals surface area contributed by atoms with E-state index in [1.165, 1.54) is 16.2 Å². The van der Waals surface area contributed by atoms with Crippen LogP contribution in [0.4, 0.5) is 5.69 Å². The Morgan fingerprint density at radius 3 is 1.74 bits per heavy atom. The van der Waals surface area contributed by atoms with Gasteiger partial charge in [0.05, 0.1) is 4.92 Å². The van der Waals surface area contributed by atoms with Crippen LogP contribution in [-0.4, -0.2) is 4.92 Å². The van der Waals surface area contributed by atoms with Gasteiger partial charge in [0.2, 0.25) is 0 Å². The molecule has 0 spiro atoms. The molecular formula is C16H9NO2. The summed E-state index contributed by atoms with van der Waals surface area (Å²) in [7, 11) is 0. The van der Waals surface area contributed by atoms with Crippen molar-refractivity contribution in [2.24, 2.45) is 0 Å². The molecule has 90 valence electrons. The summed E-state index contributed by atoms with van der Waals surface area (Å²) < 4.78 is 0. The lowest BCUT2D eigenvalue weighted by Crippen LogP contribution is -1.89. The molecule has 0 aliphatic rings. The van der Waals surface area contributed by atoms with E-state index in [0.717, 1.165) is 16.2 Å². The summed E-state index contributed by atoms with van der Waals surface area (Å²) in [6.07, 6.45) is 0. The maximum Gasteiger partial charge on any atom is 0.270 e. The third kappa shape index (κ3) is 1.32. The Labute approximate surface area is 108 Å². The van der Waals surface area contributed by atoms with Crippen LogP contribution in [0.15, 0.2) is 54.6 Å². The van der Waals surface area contributed by atoms with E-state index in [0.29, 0.717) is 0 Å². The van der Waals surface area contributed by atoms with Crippen LogP contribution in [-0.2, 0) is 0 Å². The van der Waals surface area contributed by atoms with Gasteiger partial charge in [0, 0.05) is 12.1 Å². The average molecular weight is 247 g/mol. The van der Waals surface area contributed by atoms with E-state index in [-0.39, 0.29) is 10.6 Å². The fourth-order valence-electron chi connectivity index (χ4n) is 2.84. The zero-order valence-corrected chi connectivity index (χ0v) is 9.96. The minimum atomic E-state index is -0.339. The van der Waals surface area contributed by atoms with Gasteiger partial charge in [-0.2, -0.15) is 0 Å². The Balaban J connectivity index is 2.32. The van der Waals surface area contributed by atoms with Crippen LogP contribution in [0.3, 0.4) is 0 Å². The van der Waals surface area contributed by atoms with Crippen molar-refractivity contribution in [3.63, 3.8) is 0 Å². The lowest BCUT2D eigenvalue weighted by Gasteiger charge is -2.10. The summed E-state index contributed by atoms with van der Waals surface area (Å²) in [6.45, 7) is 0. The topological polar surface area (TPSA) is 43.1 Å². The predicted molar refractivity (Wildman–Crippen MR) is 76.8 cm³/mol. The second-order valence-corrected chi connectivity index (χ2v) is 4.73. The van der Waals surface area contributed by atoms with E-state index >= 15 is 0 Å². The Bertz CT molecular complexity index is 880. The van der Waals surface area contributed by atoms with Crippen LogP contribution < -0.4 is 0 Å². The van der Waals surface area contributed by atoms with Crippen LogP contribution in [0.25, 0.3) is 32.3 Å². The molecule has 0 atom stereocenters. The van der Waals surface area contributed by atoms with E-state index in [1.807, 2.05) is 30.3 Å². The maximum absolute atomic E-state index is 11.0. The summed E-state index contributed by atoms with van der Waals surface area (Å²) >= 11 is 0. The molecule has 0 N–H and O–H groups in total. The van der Waals surface area contributed by atoms with Gasteiger partial charge in [-0.25, -0.2) is 0 Å². The van der Waals surface area contributed by atoms with Gasteiger partial charge < -0.3 is 0 Å². The molecule has 3 heteroatoms. The lowest BCUT2D eigenvalue weighted by molar-refractivity contribution is -0.384. The quantitative estimate of drug-likeness (QED) is 0.282. The molecule has 4 rings (SSSR count). The highest BCUT2D eigenvalue weighted by molar-refractivity contribution is 6.23. The highest BCUT2D eigenvalue weighted by atomic mass is 16.6. The number of hydrogen-bond donors (Lipinski definition) is 0. The van der Waals surface area contributed by atoms with Crippen LogP contribution in [0.2, 0.25) is 0 Å². The van der Waals surface area contributed by atoms with Crippen molar-refractivity contribution in [3.05, 3.63) is 64.7 Å². The molecule has 4 aromatic carbocycles. The first-order chi connectivity index (χ1) is 9.24. The highest BCUT2D eigenvalue weighted by Gasteiger charge is 2.13. The molecule has 0 bridgehead atoms. The normalized spacial score (nSPS) is 11.6. The monoisotopic (exact) mass is 247 g/mol. The van der Waals surface area contributed by atoms with Crippen LogP contribution >= 0.6 is 0 Å². The second kappa shape index (κ2) is 3.42. The third-order valence-electron chi connectivity index (χ3n) is 3.66. The summed E-state index contributed by atoms with van der Waals surface area (Å²) in [4.78, 5) is 10.6. The highest BCUT2D eigenvalue weighted by Crippen LogP contribution is 2.36. The molecule has 3 nitrogen and oxygen atoms in total. The number of benzene rings is 4. The van der Waals surface area contributed by atoms with Gasteiger partial charge in [-0.3, -0.25) is 10.1 Å². The van der Waals surface area contributed by atoms with Crippen molar-refractivity contribution in [3.8, 4) is 0 Å². The molecule has 4 aromatic rings. The number of hydrogen-bond acceptors (Lipinski definition) is 2. The number of non-ortho nitro benzene ring substituents is 1. The zero-order chi connectivity index (χ0) is 13.0. The molecule has 0 aliphatic carbocycles. The van der Waals surface area contributed by atoms with Crippen LogP contribution in [0, 0.1) is 10.1 Å². The van der Waals surface area contributed by atoms with Gasteiger partial charge in [-0.05, 0) is 32.3 Å². The standard InChI is InChI=1S/C16H9NO2/c18-17(19)14-8-12-6-4-10-2-1-3-11-5-7-13(9-14)16(12)15(10)11/h1-9H. The summed E-state index contributed by atoms with van der Waals surface area (Å²) in [6, 6.07) is 17.4. The molecule has 0 unspecified atom stereocenters. The number of rotatable bonds is 1. The Kier molecular flexibility index (Phi) is 1.85. The number of nitro benzene ring substituents is 1. The third-order valence-corrected chi connectivity index (χ3v) is 3.66. The molecule has 0 radical (unpaired) electrons. The molecule has 0 saturated heterocycles. The molecule has 0 heterocycles. The SMILES string of the molecule is O=[N+]([O-])c1cc2ccc3cccc4ccc(c1)c2c34. The van der Waals surface area contributed by atoms with Gasteiger partial charge in [-0.1, -0.05) is 42.5 Å². The van der Waals surface area contributed by atoms with Crippen molar-refractivity contribution in [2.45, 2.75) is 0 Å². The molecule has 0 amide bonds. The smallest absolute Gasteiger partial charge is 0.258 e.